The summed E-state index contributed by atoms with van der Waals surface area (Å²) < 4.78 is 49.1. The molecule has 0 aromatic carbocycles. The van der Waals surface area contributed by atoms with Gasteiger partial charge in [0, 0.05) is 47.2 Å². The van der Waals surface area contributed by atoms with Crippen molar-refractivity contribution in [1.29, 1.82) is 0 Å². The zero-order chi connectivity index (χ0) is 48.7. The molecule has 0 aromatic rings. The van der Waals surface area contributed by atoms with Crippen molar-refractivity contribution in [3.05, 3.63) is 0 Å². The van der Waals surface area contributed by atoms with Crippen molar-refractivity contribution in [1.82, 2.24) is 21.3 Å². The molecule has 0 spiro atoms. The van der Waals surface area contributed by atoms with Gasteiger partial charge in [0.15, 0.2) is 25.5 Å². The van der Waals surface area contributed by atoms with E-state index in [1.54, 1.807) is 20.8 Å². The highest BCUT2D eigenvalue weighted by Gasteiger charge is 2.44. The lowest BCUT2D eigenvalue weighted by Crippen LogP contribution is -2.56. The lowest BCUT2D eigenvalue weighted by atomic mass is 9.81. The summed E-state index contributed by atoms with van der Waals surface area (Å²) in [5.41, 5.74) is -0.0134. The summed E-state index contributed by atoms with van der Waals surface area (Å²) in [5, 5.41) is 14.1. The minimum Gasteiger partial charge on any atom is -0.312 e. The maximum absolute atomic E-state index is 12.7. The van der Waals surface area contributed by atoms with Crippen molar-refractivity contribution in [2.45, 2.75) is 297 Å². The molecule has 0 radical (unpaired) electrons. The van der Waals surface area contributed by atoms with E-state index in [2.05, 4.69) is 104 Å². The summed E-state index contributed by atoms with van der Waals surface area (Å²) in [7, 11) is -6.14. The number of rotatable bonds is 17. The topological polar surface area (TPSA) is 133 Å². The standard InChI is InChI=1S/C15H31NO2S.C14H29NO2S.C14H25NO.C9H21N/c1-6-14(4,5)19(17,18)12-15(16-13(2)3)10-8-7-9-11-15;1-12(2)15-14(9-7-6-8-10-14)11-18(16,17)13(3,4)5;1-10(2)15-13(14(16)12-8-9-12)11-6-4-3-5-7-11;1-7(2)10-8(3)9(4,5)6/h13,16H,6-12H2,1-5H3;12,15H,6-11H2,1-5H3;10-13,15H,3-9H2,1-2H3;7-8,10H,1-6H3/t;;13-;8-/m..01/s1. The molecule has 0 amide bonds. The molecule has 4 rings (SSSR count). The first-order chi connectivity index (χ1) is 28.7. The van der Waals surface area contributed by atoms with Crippen LogP contribution in [0.2, 0.25) is 0 Å². The molecule has 0 aliphatic heterocycles. The van der Waals surface area contributed by atoms with Gasteiger partial charge in [-0.15, -0.1) is 0 Å². The molecule has 0 aromatic heterocycles. The Balaban J connectivity index is 0.000000429. The largest absolute Gasteiger partial charge is 0.312 e. The molecule has 4 N–H and O–H groups in total. The van der Waals surface area contributed by atoms with E-state index in [0.29, 0.717) is 65.4 Å². The Morgan fingerprint density at radius 3 is 1.22 bits per heavy atom. The molecule has 0 saturated heterocycles. The molecule has 4 aliphatic rings. The van der Waals surface area contributed by atoms with E-state index < -0.39 is 29.2 Å². The van der Waals surface area contributed by atoms with Gasteiger partial charge in [-0.05, 0) is 111 Å². The number of nitrogens with one attached hydrogen (secondary N) is 4. The lowest BCUT2D eigenvalue weighted by Gasteiger charge is -2.41. The van der Waals surface area contributed by atoms with Gasteiger partial charge >= 0.3 is 0 Å². The van der Waals surface area contributed by atoms with Gasteiger partial charge in [-0.1, -0.05) is 141 Å². The van der Waals surface area contributed by atoms with Gasteiger partial charge in [0.05, 0.1) is 27.0 Å². The van der Waals surface area contributed by atoms with Crippen LogP contribution in [-0.2, 0) is 24.5 Å². The van der Waals surface area contributed by atoms with Gasteiger partial charge in [0.1, 0.15) is 0 Å². The maximum atomic E-state index is 12.7. The van der Waals surface area contributed by atoms with E-state index in [1.165, 1.54) is 44.9 Å². The SMILES string of the molecule is CC(C)NC1(CS(=O)(=O)C(C)(C)C)CCCCC1.CC(C)N[C@H](C(=O)C1CC1)C1CCCCC1.CC(C)N[C@H](C)C(C)(C)C.CCC(C)(C)S(=O)(=O)CC1(NC(C)C)CCCCC1. The van der Waals surface area contributed by atoms with Crippen LogP contribution in [0.1, 0.15) is 240 Å². The summed E-state index contributed by atoms with van der Waals surface area (Å²) in [6.07, 6.45) is 20.4. The number of carbonyl (C=O) groups is 1. The van der Waals surface area contributed by atoms with E-state index in [0.717, 1.165) is 64.2 Å². The number of ketones is 1. The molecule has 4 aliphatic carbocycles. The second-order valence-electron chi connectivity index (χ2n) is 24.3. The summed E-state index contributed by atoms with van der Waals surface area (Å²) in [6, 6.07) is 2.43. The molecule has 4 saturated carbocycles. The van der Waals surface area contributed by atoms with E-state index in [1.807, 2.05) is 20.8 Å². The average Bonchev–Trinajstić information content (AvgIpc) is 3.99. The van der Waals surface area contributed by atoms with Crippen LogP contribution in [0.3, 0.4) is 0 Å². The quantitative estimate of drug-likeness (QED) is 0.112. The van der Waals surface area contributed by atoms with Crippen LogP contribution >= 0.6 is 0 Å². The summed E-state index contributed by atoms with van der Waals surface area (Å²) in [4.78, 5) is 12.3. The van der Waals surface area contributed by atoms with E-state index in [9.17, 15) is 21.6 Å². The van der Waals surface area contributed by atoms with E-state index in [-0.39, 0.29) is 22.9 Å². The molecule has 0 heterocycles. The molecular weight excluding hydrogens is 825 g/mol. The van der Waals surface area contributed by atoms with Crippen LogP contribution in [0, 0.1) is 17.3 Å². The second-order valence-corrected chi connectivity index (χ2v) is 29.7. The predicted molar refractivity (Wildman–Crippen MR) is 273 cm³/mol. The first-order valence-electron chi connectivity index (χ1n) is 25.8. The first-order valence-corrected chi connectivity index (χ1v) is 29.1. The van der Waals surface area contributed by atoms with Crippen LogP contribution in [-0.4, -0.2) is 90.9 Å². The van der Waals surface area contributed by atoms with Gasteiger partial charge in [-0.2, -0.15) is 0 Å². The fraction of sp³-hybridized carbons (Fsp3) is 0.981. The smallest absolute Gasteiger partial charge is 0.157 e. The zero-order valence-corrected chi connectivity index (χ0v) is 46.3. The van der Waals surface area contributed by atoms with Crippen molar-refractivity contribution in [3.63, 3.8) is 0 Å². The molecule has 4 fully saturated rings. The molecule has 0 unspecified atom stereocenters. The summed E-state index contributed by atoms with van der Waals surface area (Å²) in [5.74, 6) is 2.10. The van der Waals surface area contributed by atoms with Crippen LogP contribution < -0.4 is 21.3 Å². The fourth-order valence-corrected chi connectivity index (χ4v) is 12.8. The third-order valence-corrected chi connectivity index (χ3v) is 19.9. The number of sulfone groups is 2. The number of hydrogen-bond acceptors (Lipinski definition) is 9. The van der Waals surface area contributed by atoms with E-state index in [4.69, 9.17) is 0 Å². The summed E-state index contributed by atoms with van der Waals surface area (Å²) >= 11 is 0. The Morgan fingerprint density at radius 1 is 0.540 bits per heavy atom. The van der Waals surface area contributed by atoms with Crippen molar-refractivity contribution in [3.8, 4) is 0 Å². The van der Waals surface area contributed by atoms with E-state index >= 15 is 0 Å². The monoisotopic (exact) mass is 931 g/mol. The molecule has 0 bridgehead atoms. The molecule has 63 heavy (non-hydrogen) atoms. The highest BCUT2D eigenvalue weighted by Crippen LogP contribution is 2.37. The first kappa shape index (κ1) is 60.4. The Bertz CT molecular complexity index is 1500. The van der Waals surface area contributed by atoms with Gasteiger partial charge in [0.25, 0.3) is 0 Å². The maximum Gasteiger partial charge on any atom is 0.157 e. The third kappa shape index (κ3) is 21.9. The Hall–Kier alpha value is -0.590. The highest BCUT2D eigenvalue weighted by atomic mass is 32.2. The zero-order valence-electron chi connectivity index (χ0n) is 44.6. The van der Waals surface area contributed by atoms with Crippen molar-refractivity contribution in [2.24, 2.45) is 17.3 Å². The van der Waals surface area contributed by atoms with Gasteiger partial charge in [0.2, 0.25) is 0 Å². The Labute approximate surface area is 392 Å². The average molecular weight is 932 g/mol. The highest BCUT2D eigenvalue weighted by molar-refractivity contribution is 7.93. The fourth-order valence-electron chi connectivity index (χ4n) is 9.35. The number of hydrogen-bond donors (Lipinski definition) is 4. The van der Waals surface area contributed by atoms with Gasteiger partial charge in [-0.25, -0.2) is 16.8 Å². The Morgan fingerprint density at radius 2 is 0.921 bits per heavy atom. The third-order valence-electron chi connectivity index (χ3n) is 14.2. The van der Waals surface area contributed by atoms with Crippen LogP contribution in [0.5, 0.6) is 0 Å². The molecular formula is C52H106N4O5S2. The van der Waals surface area contributed by atoms with Gasteiger partial charge < -0.3 is 21.3 Å². The van der Waals surface area contributed by atoms with Gasteiger partial charge in [-0.3, -0.25) is 4.79 Å². The van der Waals surface area contributed by atoms with Crippen LogP contribution in [0.15, 0.2) is 0 Å². The molecule has 2 atom stereocenters. The Kier molecular flexibility index (Phi) is 25.2. The normalized spacial score (nSPS) is 21.1. The van der Waals surface area contributed by atoms with Crippen molar-refractivity contribution >= 4 is 25.5 Å². The van der Waals surface area contributed by atoms with Crippen LogP contribution in [0.25, 0.3) is 0 Å². The molecule has 376 valence electrons. The predicted octanol–water partition coefficient (Wildman–Crippen LogP) is 11.5. The minimum atomic E-state index is -3.08. The number of carbonyl (C=O) groups excluding carboxylic acids is 1. The van der Waals surface area contributed by atoms with Crippen molar-refractivity contribution < 1.29 is 21.6 Å². The molecule has 9 nitrogen and oxygen atoms in total. The number of Topliss-reactive ketones (excluding diaryl/α,β-unsaturated/α-hetero) is 1. The summed E-state index contributed by atoms with van der Waals surface area (Å²) in [6.45, 7) is 37.1. The van der Waals surface area contributed by atoms with Crippen molar-refractivity contribution in [2.75, 3.05) is 11.5 Å². The lowest BCUT2D eigenvalue weighted by molar-refractivity contribution is -0.124. The molecule has 11 heteroatoms. The minimum absolute atomic E-state index is 0.160. The van der Waals surface area contributed by atoms with Crippen LogP contribution in [0.4, 0.5) is 0 Å². The second kappa shape index (κ2) is 26.2.